The predicted molar refractivity (Wildman–Crippen MR) is 109 cm³/mol. The number of halogens is 1. The molecule has 0 aliphatic carbocycles. The number of aromatic nitrogens is 2. The third-order valence-corrected chi connectivity index (χ3v) is 4.64. The molecule has 0 spiro atoms. The molecule has 0 unspecified atom stereocenters. The Morgan fingerprint density at radius 1 is 1.38 bits per heavy atom. The van der Waals surface area contributed by atoms with Gasteiger partial charge in [-0.3, -0.25) is 15.0 Å². The van der Waals surface area contributed by atoms with Crippen molar-refractivity contribution in [3.8, 4) is 17.1 Å². The second-order valence-electron chi connectivity index (χ2n) is 6.73. The molecule has 1 aromatic carbocycles. The van der Waals surface area contributed by atoms with E-state index in [0.717, 1.165) is 5.56 Å². The van der Waals surface area contributed by atoms with Gasteiger partial charge in [-0.25, -0.2) is 4.98 Å². The van der Waals surface area contributed by atoms with Gasteiger partial charge in [0.1, 0.15) is 29.7 Å². The Morgan fingerprint density at radius 3 is 2.66 bits per heavy atom. The molecular weight excluding hydrogens is 398 g/mol. The van der Waals surface area contributed by atoms with E-state index >= 15 is 0 Å². The number of hydrogen-bond donors (Lipinski definition) is 3. The van der Waals surface area contributed by atoms with Crippen LogP contribution < -0.4 is 15.8 Å². The first-order valence-electron chi connectivity index (χ1n) is 8.85. The molecule has 4 N–H and O–H groups in total. The third kappa shape index (κ3) is 5.26. The van der Waals surface area contributed by atoms with Crippen LogP contribution in [0.2, 0.25) is 0 Å². The Balaban J connectivity index is 0.00000300. The van der Waals surface area contributed by atoms with Crippen LogP contribution in [0.15, 0.2) is 30.5 Å². The highest BCUT2D eigenvalue weighted by atomic mass is 35.5. The van der Waals surface area contributed by atoms with E-state index in [2.05, 4.69) is 15.0 Å². The monoisotopic (exact) mass is 421 g/mol. The lowest BCUT2D eigenvalue weighted by atomic mass is 10.0. The van der Waals surface area contributed by atoms with Gasteiger partial charge >= 0.3 is 5.97 Å². The van der Waals surface area contributed by atoms with Gasteiger partial charge in [0, 0.05) is 18.8 Å². The van der Waals surface area contributed by atoms with Crippen molar-refractivity contribution in [1.29, 1.82) is 5.41 Å². The van der Waals surface area contributed by atoms with E-state index in [4.69, 9.17) is 15.9 Å². The first-order valence-corrected chi connectivity index (χ1v) is 8.85. The minimum absolute atomic E-state index is 0. The zero-order valence-electron chi connectivity index (χ0n) is 16.2. The van der Waals surface area contributed by atoms with Gasteiger partial charge in [0.05, 0.1) is 25.5 Å². The third-order valence-electron chi connectivity index (χ3n) is 4.64. The summed E-state index contributed by atoms with van der Waals surface area (Å²) in [6, 6.07) is 7.24. The highest BCUT2D eigenvalue weighted by Crippen LogP contribution is 2.23. The second kappa shape index (κ2) is 9.42. The fourth-order valence-electron chi connectivity index (χ4n) is 3.16. The summed E-state index contributed by atoms with van der Waals surface area (Å²) in [5, 5.41) is 10.3. The summed E-state index contributed by atoms with van der Waals surface area (Å²) >= 11 is 0. The van der Waals surface area contributed by atoms with Crippen LogP contribution in [0.25, 0.3) is 11.4 Å². The molecule has 1 aliphatic heterocycles. The molecule has 0 bridgehead atoms. The highest BCUT2D eigenvalue weighted by Gasteiger charge is 2.34. The number of benzene rings is 1. The van der Waals surface area contributed by atoms with Gasteiger partial charge in [-0.1, -0.05) is 0 Å². The summed E-state index contributed by atoms with van der Waals surface area (Å²) in [4.78, 5) is 27.6. The number of amidine groups is 1. The van der Waals surface area contributed by atoms with Crippen molar-refractivity contribution in [3.05, 3.63) is 36.2 Å². The lowest BCUT2D eigenvalue weighted by Crippen LogP contribution is -2.31. The lowest BCUT2D eigenvalue weighted by molar-refractivity contribution is -0.143. The Kier molecular flexibility index (Phi) is 7.22. The fraction of sp³-hybridized carbons (Fsp3) is 0.368. The zero-order valence-corrected chi connectivity index (χ0v) is 17.0. The average molecular weight is 422 g/mol. The Hall–Kier alpha value is -3.07. The van der Waals surface area contributed by atoms with Crippen LogP contribution in [0.1, 0.15) is 18.5 Å². The number of nitrogens with zero attached hydrogens (tertiary/aromatic N) is 2. The number of rotatable bonds is 7. The van der Waals surface area contributed by atoms with Crippen LogP contribution in [0.3, 0.4) is 0 Å². The quantitative estimate of drug-likeness (QED) is 0.350. The van der Waals surface area contributed by atoms with Crippen molar-refractivity contribution < 1.29 is 19.1 Å². The van der Waals surface area contributed by atoms with Crippen molar-refractivity contribution in [1.82, 2.24) is 14.9 Å². The first-order chi connectivity index (χ1) is 13.4. The first kappa shape index (κ1) is 22.2. The van der Waals surface area contributed by atoms with Crippen LogP contribution in [0.5, 0.6) is 5.75 Å². The van der Waals surface area contributed by atoms with Gasteiger partial charge < -0.3 is 25.1 Å². The summed E-state index contributed by atoms with van der Waals surface area (Å²) in [7, 11) is 3.15. The van der Waals surface area contributed by atoms with E-state index in [9.17, 15) is 9.59 Å². The van der Waals surface area contributed by atoms with Crippen LogP contribution in [0, 0.1) is 11.3 Å². The number of nitrogens with one attached hydrogen (secondary N) is 2. The number of nitrogens with two attached hydrogens (primary N) is 1. The minimum atomic E-state index is -0.389. The molecule has 1 fully saturated rings. The maximum Gasteiger partial charge on any atom is 0.306 e. The van der Waals surface area contributed by atoms with Crippen LogP contribution in [-0.4, -0.2) is 47.0 Å². The normalized spacial score (nSPS) is 17.9. The molecule has 2 aromatic rings. The van der Waals surface area contributed by atoms with Gasteiger partial charge in [-0.05, 0) is 30.7 Å². The van der Waals surface area contributed by atoms with Gasteiger partial charge in [0.15, 0.2) is 0 Å². The van der Waals surface area contributed by atoms with Crippen molar-refractivity contribution in [2.45, 2.75) is 18.9 Å². The summed E-state index contributed by atoms with van der Waals surface area (Å²) in [6.45, 7) is 0.319. The summed E-state index contributed by atoms with van der Waals surface area (Å²) in [6.07, 6.45) is 2.32. The smallest absolute Gasteiger partial charge is 0.306 e. The average Bonchev–Trinajstić information content (AvgIpc) is 3.23. The van der Waals surface area contributed by atoms with Crippen LogP contribution >= 0.6 is 12.4 Å². The summed E-state index contributed by atoms with van der Waals surface area (Å²) < 4.78 is 12.2. The van der Waals surface area contributed by atoms with E-state index < -0.39 is 0 Å². The molecule has 3 rings (SSSR count). The van der Waals surface area contributed by atoms with Crippen molar-refractivity contribution in [2.75, 3.05) is 13.7 Å². The van der Waals surface area contributed by atoms with E-state index in [1.165, 1.54) is 7.11 Å². The van der Waals surface area contributed by atoms with Crippen LogP contribution in [0.4, 0.5) is 0 Å². The van der Waals surface area contributed by atoms with E-state index in [0.29, 0.717) is 30.3 Å². The van der Waals surface area contributed by atoms with Gasteiger partial charge in [-0.2, -0.15) is 0 Å². The van der Waals surface area contributed by atoms with E-state index in [-0.39, 0.29) is 48.5 Å². The minimum Gasteiger partial charge on any atom is -0.491 e. The summed E-state index contributed by atoms with van der Waals surface area (Å²) in [5.41, 5.74) is 6.78. The largest absolute Gasteiger partial charge is 0.491 e. The molecule has 1 saturated heterocycles. The topological polar surface area (TPSA) is 132 Å². The Labute approximate surface area is 174 Å². The standard InChI is InChI=1S/C19H23N5O4.ClH/c1-24-9-15(17(20)21)23-18(24)11-3-5-14(6-4-11)28-10-13-7-12(19(26)22-13)8-16(25)27-2;/h3-6,9,12-13H,7-8,10H2,1-2H3,(H3,20,21)(H,22,26);1H/t12-,13-;/m0./s1. The predicted octanol–water partition coefficient (Wildman–Crippen LogP) is 1.24. The molecule has 2 heterocycles. The van der Waals surface area contributed by atoms with E-state index in [1.54, 1.807) is 6.20 Å². The molecule has 0 radical (unpaired) electrons. The molecule has 29 heavy (non-hydrogen) atoms. The highest BCUT2D eigenvalue weighted by molar-refractivity contribution is 5.93. The molecule has 9 nitrogen and oxygen atoms in total. The number of imidazole rings is 1. The van der Waals surface area contributed by atoms with Crippen molar-refractivity contribution in [3.63, 3.8) is 0 Å². The number of nitrogen functional groups attached to an aromatic ring is 1. The molecule has 156 valence electrons. The molecule has 1 aliphatic rings. The molecule has 0 saturated carbocycles. The number of carbonyl (C=O) groups is 2. The van der Waals surface area contributed by atoms with Crippen molar-refractivity contribution >= 4 is 30.1 Å². The number of amides is 1. The Morgan fingerprint density at radius 2 is 2.07 bits per heavy atom. The van der Waals surface area contributed by atoms with Crippen molar-refractivity contribution in [2.24, 2.45) is 18.7 Å². The number of esters is 1. The molecule has 1 amide bonds. The molecule has 1 aromatic heterocycles. The zero-order chi connectivity index (χ0) is 20.3. The summed E-state index contributed by atoms with van der Waals surface area (Å²) in [5.74, 6) is 0.374. The maximum atomic E-state index is 11.9. The lowest BCUT2D eigenvalue weighted by Gasteiger charge is -2.12. The van der Waals surface area contributed by atoms with E-state index in [1.807, 2.05) is 35.9 Å². The van der Waals surface area contributed by atoms with Gasteiger partial charge in [0.2, 0.25) is 5.91 Å². The Bertz CT molecular complexity index is 897. The molecular formula is C19H24ClN5O4. The number of methoxy groups -OCH3 is 1. The number of hydrogen-bond acceptors (Lipinski definition) is 6. The van der Waals surface area contributed by atoms with Gasteiger partial charge in [-0.15, -0.1) is 12.4 Å². The van der Waals surface area contributed by atoms with Crippen LogP contribution in [-0.2, 0) is 21.4 Å². The number of ether oxygens (including phenoxy) is 2. The molecule has 10 heteroatoms. The van der Waals surface area contributed by atoms with Gasteiger partial charge in [0.25, 0.3) is 0 Å². The second-order valence-corrected chi connectivity index (χ2v) is 6.73. The SMILES string of the molecule is COC(=O)C[C@@H]1C[C@@H](COc2ccc(-c3nc(C(=N)N)cn3C)cc2)NC1=O.Cl. The maximum absolute atomic E-state index is 11.9. The fourth-order valence-corrected chi connectivity index (χ4v) is 3.16. The number of aryl methyl sites for hydroxylation is 1. The molecule has 2 atom stereocenters. The number of carbonyl (C=O) groups excluding carboxylic acids is 2.